The van der Waals surface area contributed by atoms with Gasteiger partial charge in [0.05, 0.1) is 6.21 Å². The van der Waals surface area contributed by atoms with Gasteiger partial charge in [-0.2, -0.15) is 5.10 Å². The van der Waals surface area contributed by atoms with Crippen LogP contribution in [0, 0.1) is 19.8 Å². The number of nitrogens with zero attached hydrogens (tertiary/aromatic N) is 1. The lowest BCUT2D eigenvalue weighted by atomic mass is 10.1. The largest absolute Gasteiger partial charge is 0.484 e. The normalized spacial score (nSPS) is 19.5. The Kier molecular flexibility index (Phi) is 4.69. The minimum atomic E-state index is -0.312. The van der Waals surface area contributed by atoms with E-state index in [0.29, 0.717) is 23.3 Å². The van der Waals surface area contributed by atoms with Gasteiger partial charge in [-0.15, -0.1) is 0 Å². The summed E-state index contributed by atoms with van der Waals surface area (Å²) in [6, 6.07) is 9.68. The molecule has 1 N–H and O–H groups in total. The lowest BCUT2D eigenvalue weighted by molar-refractivity contribution is -0.123. The molecule has 1 heterocycles. The number of hydrogen-bond donors (Lipinski definition) is 1. The van der Waals surface area contributed by atoms with Crippen molar-refractivity contribution >= 4 is 12.1 Å². The van der Waals surface area contributed by atoms with Crippen molar-refractivity contribution in [2.75, 3.05) is 6.61 Å². The van der Waals surface area contributed by atoms with Gasteiger partial charge >= 0.3 is 0 Å². The summed E-state index contributed by atoms with van der Waals surface area (Å²) in [5, 5.41) is 3.90. The Morgan fingerprint density at radius 1 is 1.33 bits per heavy atom. The van der Waals surface area contributed by atoms with Crippen LogP contribution in [-0.4, -0.2) is 18.7 Å². The first-order valence-electron chi connectivity index (χ1n) is 8.14. The number of hydrazone groups is 1. The summed E-state index contributed by atoms with van der Waals surface area (Å²) >= 11 is 0. The van der Waals surface area contributed by atoms with Crippen LogP contribution in [0.15, 0.2) is 39.9 Å². The van der Waals surface area contributed by atoms with E-state index in [0.717, 1.165) is 16.9 Å². The van der Waals surface area contributed by atoms with Crippen molar-refractivity contribution in [3.05, 3.63) is 53.0 Å². The molecular weight excluding hydrogens is 304 g/mol. The molecule has 2 aromatic rings. The van der Waals surface area contributed by atoms with E-state index < -0.39 is 0 Å². The first kappa shape index (κ1) is 16.3. The van der Waals surface area contributed by atoms with Gasteiger partial charge in [0.25, 0.3) is 5.91 Å². The lowest BCUT2D eigenvalue weighted by Crippen LogP contribution is -2.24. The number of benzene rings is 1. The van der Waals surface area contributed by atoms with Gasteiger partial charge in [0.2, 0.25) is 0 Å². The van der Waals surface area contributed by atoms with Crippen molar-refractivity contribution in [3.63, 3.8) is 0 Å². The van der Waals surface area contributed by atoms with E-state index in [-0.39, 0.29) is 12.5 Å². The molecule has 1 aliphatic rings. The van der Waals surface area contributed by atoms with Crippen LogP contribution in [0.1, 0.15) is 41.9 Å². The standard InChI is InChI=1S/C19H22N2O3/c1-12-6-13(2)8-16(7-12)23-11-19(22)21-20-10-15-4-5-18(24-15)17-9-14(17)3/h4-8,10,14,17H,9,11H2,1-3H3,(H,21,22)/b20-10-/t14-,17-/m1/s1. The first-order valence-corrected chi connectivity index (χ1v) is 8.14. The SMILES string of the molecule is Cc1cc(C)cc(OCC(=O)N/N=C\c2ccc([C@@H]3C[C@H]3C)o2)c1. The van der Waals surface area contributed by atoms with Crippen molar-refractivity contribution in [3.8, 4) is 5.75 Å². The fourth-order valence-corrected chi connectivity index (χ4v) is 2.72. The Balaban J connectivity index is 1.45. The quantitative estimate of drug-likeness (QED) is 0.652. The highest BCUT2D eigenvalue weighted by atomic mass is 16.5. The van der Waals surface area contributed by atoms with E-state index in [9.17, 15) is 4.79 Å². The molecule has 0 saturated heterocycles. The fourth-order valence-electron chi connectivity index (χ4n) is 2.72. The molecule has 3 rings (SSSR count). The Morgan fingerprint density at radius 2 is 2.04 bits per heavy atom. The number of carbonyl (C=O) groups is 1. The molecule has 0 unspecified atom stereocenters. The third-order valence-corrected chi connectivity index (χ3v) is 4.07. The summed E-state index contributed by atoms with van der Waals surface area (Å²) < 4.78 is 11.2. The van der Waals surface area contributed by atoms with Crippen LogP contribution >= 0.6 is 0 Å². The maximum absolute atomic E-state index is 11.8. The smallest absolute Gasteiger partial charge is 0.277 e. The molecule has 1 saturated carbocycles. The highest BCUT2D eigenvalue weighted by molar-refractivity contribution is 5.81. The van der Waals surface area contributed by atoms with Crippen LogP contribution in [0.2, 0.25) is 0 Å². The zero-order valence-corrected chi connectivity index (χ0v) is 14.2. The Morgan fingerprint density at radius 3 is 2.71 bits per heavy atom. The molecular formula is C19H22N2O3. The summed E-state index contributed by atoms with van der Waals surface area (Å²) in [5.74, 6) is 3.23. The highest BCUT2D eigenvalue weighted by Gasteiger charge is 2.36. The predicted octanol–water partition coefficient (Wildman–Crippen LogP) is 3.55. The second-order valence-electron chi connectivity index (χ2n) is 6.46. The third-order valence-electron chi connectivity index (χ3n) is 4.07. The van der Waals surface area contributed by atoms with Crippen molar-refractivity contribution in [1.82, 2.24) is 5.43 Å². The molecule has 2 atom stereocenters. The summed E-state index contributed by atoms with van der Waals surface area (Å²) in [6.07, 6.45) is 2.68. The number of aryl methyl sites for hydroxylation is 2. The number of hydrogen-bond acceptors (Lipinski definition) is 4. The maximum atomic E-state index is 11.8. The van der Waals surface area contributed by atoms with Gasteiger partial charge in [-0.1, -0.05) is 13.0 Å². The van der Waals surface area contributed by atoms with Crippen molar-refractivity contribution in [2.45, 2.75) is 33.1 Å². The Hall–Kier alpha value is -2.56. The van der Waals surface area contributed by atoms with E-state index in [1.165, 1.54) is 12.6 Å². The second-order valence-corrected chi connectivity index (χ2v) is 6.46. The Bertz CT molecular complexity index is 743. The maximum Gasteiger partial charge on any atom is 0.277 e. The molecule has 5 nitrogen and oxygen atoms in total. The van der Waals surface area contributed by atoms with Gasteiger partial charge in [-0.25, -0.2) is 5.43 Å². The van der Waals surface area contributed by atoms with Crippen LogP contribution < -0.4 is 10.2 Å². The van der Waals surface area contributed by atoms with Crippen LogP contribution in [0.3, 0.4) is 0 Å². The van der Waals surface area contributed by atoms with Crippen LogP contribution in [0.25, 0.3) is 0 Å². The average Bonchev–Trinajstić information content (AvgIpc) is 3.06. The molecule has 24 heavy (non-hydrogen) atoms. The van der Waals surface area contributed by atoms with E-state index in [4.69, 9.17) is 9.15 Å². The summed E-state index contributed by atoms with van der Waals surface area (Å²) in [7, 11) is 0. The molecule has 0 bridgehead atoms. The van der Waals surface area contributed by atoms with Gasteiger partial charge in [-0.3, -0.25) is 4.79 Å². The van der Waals surface area contributed by atoms with Gasteiger partial charge in [0.15, 0.2) is 6.61 Å². The van der Waals surface area contributed by atoms with Gasteiger partial charge in [0.1, 0.15) is 17.3 Å². The molecule has 1 fully saturated rings. The second kappa shape index (κ2) is 6.91. The fraction of sp³-hybridized carbons (Fsp3) is 0.368. The topological polar surface area (TPSA) is 63.8 Å². The average molecular weight is 326 g/mol. The molecule has 126 valence electrons. The number of ether oxygens (including phenoxy) is 1. The Labute approximate surface area is 141 Å². The minimum Gasteiger partial charge on any atom is -0.484 e. The predicted molar refractivity (Wildman–Crippen MR) is 92.4 cm³/mol. The number of rotatable bonds is 6. The number of amides is 1. The molecule has 0 spiro atoms. The van der Waals surface area contributed by atoms with E-state index in [2.05, 4.69) is 23.5 Å². The third kappa shape index (κ3) is 4.25. The number of furan rings is 1. The van der Waals surface area contributed by atoms with Gasteiger partial charge < -0.3 is 9.15 Å². The molecule has 5 heteroatoms. The zero-order chi connectivity index (χ0) is 17.1. The number of carbonyl (C=O) groups excluding carboxylic acids is 1. The molecule has 1 aromatic heterocycles. The summed E-state index contributed by atoms with van der Waals surface area (Å²) in [5.41, 5.74) is 4.64. The molecule has 1 aliphatic carbocycles. The van der Waals surface area contributed by atoms with E-state index >= 15 is 0 Å². The van der Waals surface area contributed by atoms with E-state index in [1.54, 1.807) is 0 Å². The summed E-state index contributed by atoms with van der Waals surface area (Å²) in [4.78, 5) is 11.8. The van der Waals surface area contributed by atoms with Crippen LogP contribution in [0.5, 0.6) is 5.75 Å². The van der Waals surface area contributed by atoms with Gasteiger partial charge in [0, 0.05) is 5.92 Å². The number of nitrogens with one attached hydrogen (secondary N) is 1. The molecule has 0 aliphatic heterocycles. The van der Waals surface area contributed by atoms with Gasteiger partial charge in [-0.05, 0) is 61.6 Å². The van der Waals surface area contributed by atoms with Crippen molar-refractivity contribution < 1.29 is 13.9 Å². The molecule has 1 aromatic carbocycles. The van der Waals surface area contributed by atoms with E-state index in [1.807, 2.05) is 38.1 Å². The van der Waals surface area contributed by atoms with Crippen molar-refractivity contribution in [1.29, 1.82) is 0 Å². The van der Waals surface area contributed by atoms with Crippen molar-refractivity contribution in [2.24, 2.45) is 11.0 Å². The minimum absolute atomic E-state index is 0.0801. The van der Waals surface area contributed by atoms with Crippen LogP contribution in [-0.2, 0) is 4.79 Å². The lowest BCUT2D eigenvalue weighted by Gasteiger charge is -2.07. The highest BCUT2D eigenvalue weighted by Crippen LogP contribution is 2.47. The summed E-state index contributed by atoms with van der Waals surface area (Å²) in [6.45, 7) is 6.11. The monoisotopic (exact) mass is 326 g/mol. The molecule has 0 radical (unpaired) electrons. The molecule has 1 amide bonds. The van der Waals surface area contributed by atoms with Crippen LogP contribution in [0.4, 0.5) is 0 Å². The first-order chi connectivity index (χ1) is 11.5. The zero-order valence-electron chi connectivity index (χ0n) is 14.2.